The summed E-state index contributed by atoms with van der Waals surface area (Å²) in [5, 5.41) is 0. The highest BCUT2D eigenvalue weighted by atomic mass is 79.9. The van der Waals surface area contributed by atoms with E-state index in [9.17, 15) is 22.8 Å². The van der Waals surface area contributed by atoms with Crippen molar-refractivity contribution in [1.82, 2.24) is 0 Å². The molecule has 2 aromatic carbocycles. The summed E-state index contributed by atoms with van der Waals surface area (Å²) in [6.45, 7) is 0. The van der Waals surface area contributed by atoms with Gasteiger partial charge in [0, 0.05) is 40.2 Å². The second kappa shape index (κ2) is 7.44. The zero-order valence-corrected chi connectivity index (χ0v) is 16.9. The third-order valence-corrected chi connectivity index (χ3v) is 5.85. The van der Waals surface area contributed by atoms with E-state index in [0.29, 0.717) is 30.5 Å². The quantitative estimate of drug-likeness (QED) is 0.547. The van der Waals surface area contributed by atoms with Crippen LogP contribution in [0.3, 0.4) is 0 Å². The number of ketones is 1. The summed E-state index contributed by atoms with van der Waals surface area (Å²) in [6, 6.07) is 12.2. The van der Waals surface area contributed by atoms with Crippen molar-refractivity contribution in [2.45, 2.75) is 37.8 Å². The van der Waals surface area contributed by atoms with Gasteiger partial charge in [-0.1, -0.05) is 34.1 Å². The van der Waals surface area contributed by atoms with Crippen LogP contribution < -0.4 is 4.90 Å². The fourth-order valence-corrected chi connectivity index (χ4v) is 4.54. The van der Waals surface area contributed by atoms with Crippen molar-refractivity contribution in [3.05, 3.63) is 75.4 Å². The van der Waals surface area contributed by atoms with E-state index < -0.39 is 11.7 Å². The maximum atomic E-state index is 13.2. The van der Waals surface area contributed by atoms with Crippen LogP contribution in [0.5, 0.6) is 0 Å². The summed E-state index contributed by atoms with van der Waals surface area (Å²) in [5.74, 6) is -0.728. The lowest BCUT2D eigenvalue weighted by molar-refractivity contribution is -0.137. The number of amides is 1. The van der Waals surface area contributed by atoms with E-state index in [1.807, 2.05) is 24.3 Å². The van der Waals surface area contributed by atoms with Crippen molar-refractivity contribution in [2.75, 3.05) is 4.90 Å². The van der Waals surface area contributed by atoms with Gasteiger partial charge >= 0.3 is 6.18 Å². The van der Waals surface area contributed by atoms with Gasteiger partial charge in [0.05, 0.1) is 5.56 Å². The third kappa shape index (κ3) is 3.75. The molecular weight excluding hydrogens is 447 g/mol. The smallest absolute Gasteiger partial charge is 0.294 e. The number of benzene rings is 2. The summed E-state index contributed by atoms with van der Waals surface area (Å²) >= 11 is 3.42. The van der Waals surface area contributed by atoms with Crippen molar-refractivity contribution in [2.24, 2.45) is 0 Å². The first-order valence-electron chi connectivity index (χ1n) is 9.27. The molecule has 29 heavy (non-hydrogen) atoms. The molecule has 1 aliphatic carbocycles. The SMILES string of the molecule is O=C1CCCC2=C1C(c1cccc(Br)c1)CC(=O)N2c1cccc(C(F)(F)F)c1. The second-order valence-electron chi connectivity index (χ2n) is 7.23. The van der Waals surface area contributed by atoms with Gasteiger partial charge in [-0.3, -0.25) is 14.5 Å². The zero-order chi connectivity index (χ0) is 20.8. The van der Waals surface area contributed by atoms with E-state index in [1.165, 1.54) is 17.0 Å². The molecule has 7 heteroatoms. The van der Waals surface area contributed by atoms with E-state index in [-0.39, 0.29) is 29.7 Å². The van der Waals surface area contributed by atoms with E-state index in [0.717, 1.165) is 22.2 Å². The minimum Gasteiger partial charge on any atom is -0.294 e. The zero-order valence-electron chi connectivity index (χ0n) is 15.3. The first-order chi connectivity index (χ1) is 13.8. The maximum Gasteiger partial charge on any atom is 0.416 e. The molecule has 0 N–H and O–H groups in total. The van der Waals surface area contributed by atoms with E-state index in [2.05, 4.69) is 15.9 Å². The highest BCUT2D eigenvalue weighted by Gasteiger charge is 2.40. The number of rotatable bonds is 2. The molecule has 0 radical (unpaired) electrons. The number of anilines is 1. The largest absolute Gasteiger partial charge is 0.416 e. The molecule has 1 amide bonds. The number of Topliss-reactive ketones (excluding diaryl/α,β-unsaturated/α-hetero) is 1. The fraction of sp³-hybridized carbons (Fsp3) is 0.273. The summed E-state index contributed by atoms with van der Waals surface area (Å²) < 4.78 is 40.4. The van der Waals surface area contributed by atoms with Crippen LogP contribution in [0, 0.1) is 0 Å². The van der Waals surface area contributed by atoms with Crippen LogP contribution in [0.1, 0.15) is 42.7 Å². The molecule has 0 saturated carbocycles. The number of carbonyl (C=O) groups is 2. The number of carbonyl (C=O) groups excluding carboxylic acids is 2. The molecule has 0 spiro atoms. The van der Waals surface area contributed by atoms with Crippen molar-refractivity contribution < 1.29 is 22.8 Å². The number of allylic oxidation sites excluding steroid dienone is 2. The normalized spacial score (nSPS) is 20.1. The molecule has 1 heterocycles. The molecule has 0 aromatic heterocycles. The number of alkyl halides is 3. The lowest BCUT2D eigenvalue weighted by Gasteiger charge is -2.38. The monoisotopic (exact) mass is 463 g/mol. The van der Waals surface area contributed by atoms with Gasteiger partial charge in [0.1, 0.15) is 0 Å². The van der Waals surface area contributed by atoms with Crippen LogP contribution in [0.25, 0.3) is 0 Å². The van der Waals surface area contributed by atoms with Crippen LogP contribution in [0.15, 0.2) is 64.3 Å². The third-order valence-electron chi connectivity index (χ3n) is 5.36. The van der Waals surface area contributed by atoms with Crippen molar-refractivity contribution >= 4 is 33.3 Å². The van der Waals surface area contributed by atoms with Gasteiger partial charge in [-0.2, -0.15) is 13.2 Å². The van der Waals surface area contributed by atoms with Crippen molar-refractivity contribution in [1.29, 1.82) is 0 Å². The topological polar surface area (TPSA) is 37.4 Å². The molecule has 2 aromatic rings. The second-order valence-corrected chi connectivity index (χ2v) is 8.14. The van der Waals surface area contributed by atoms with Gasteiger partial charge in [0.2, 0.25) is 5.91 Å². The predicted octanol–water partition coefficient (Wildman–Crippen LogP) is 6.00. The fourth-order valence-electron chi connectivity index (χ4n) is 4.12. The highest BCUT2D eigenvalue weighted by molar-refractivity contribution is 9.10. The summed E-state index contributed by atoms with van der Waals surface area (Å²) in [4.78, 5) is 27.2. The lowest BCUT2D eigenvalue weighted by Crippen LogP contribution is -2.40. The van der Waals surface area contributed by atoms with E-state index >= 15 is 0 Å². The molecule has 1 unspecified atom stereocenters. The number of hydrogen-bond acceptors (Lipinski definition) is 2. The average molecular weight is 464 g/mol. The minimum atomic E-state index is -4.51. The van der Waals surface area contributed by atoms with Crippen molar-refractivity contribution in [3.8, 4) is 0 Å². The van der Waals surface area contributed by atoms with Crippen LogP contribution >= 0.6 is 15.9 Å². The molecule has 0 fully saturated rings. The van der Waals surface area contributed by atoms with Crippen LogP contribution in [0.4, 0.5) is 18.9 Å². The highest BCUT2D eigenvalue weighted by Crippen LogP contribution is 2.44. The van der Waals surface area contributed by atoms with Gasteiger partial charge in [-0.05, 0) is 48.7 Å². The molecule has 1 aliphatic heterocycles. The Balaban J connectivity index is 1.85. The van der Waals surface area contributed by atoms with Gasteiger partial charge in [0.25, 0.3) is 0 Å². The molecule has 2 aliphatic rings. The maximum absolute atomic E-state index is 13.2. The van der Waals surface area contributed by atoms with Gasteiger partial charge in [-0.15, -0.1) is 0 Å². The Kier molecular flexibility index (Phi) is 5.11. The average Bonchev–Trinajstić information content (AvgIpc) is 2.67. The molecule has 3 nitrogen and oxygen atoms in total. The number of hydrogen-bond donors (Lipinski definition) is 0. The van der Waals surface area contributed by atoms with Crippen LogP contribution in [0.2, 0.25) is 0 Å². The van der Waals surface area contributed by atoms with Crippen LogP contribution in [-0.4, -0.2) is 11.7 Å². The Bertz CT molecular complexity index is 1030. The summed E-state index contributed by atoms with van der Waals surface area (Å²) in [6.07, 6.45) is -3.03. The lowest BCUT2D eigenvalue weighted by atomic mass is 9.77. The molecule has 1 atom stereocenters. The number of nitrogens with zero attached hydrogens (tertiary/aromatic N) is 1. The Morgan fingerprint density at radius 3 is 2.48 bits per heavy atom. The minimum absolute atomic E-state index is 0.0390. The summed E-state index contributed by atoms with van der Waals surface area (Å²) in [7, 11) is 0. The van der Waals surface area contributed by atoms with Gasteiger partial charge < -0.3 is 0 Å². The van der Waals surface area contributed by atoms with Crippen LogP contribution in [-0.2, 0) is 15.8 Å². The molecule has 4 rings (SSSR count). The number of halogens is 4. The van der Waals surface area contributed by atoms with Gasteiger partial charge in [-0.25, -0.2) is 0 Å². The Morgan fingerprint density at radius 1 is 1.00 bits per heavy atom. The van der Waals surface area contributed by atoms with Crippen molar-refractivity contribution in [3.63, 3.8) is 0 Å². The summed E-state index contributed by atoms with van der Waals surface area (Å²) in [5.41, 5.74) is 1.26. The molecular formula is C22H17BrF3NO2. The standard InChI is InChI=1S/C22H17BrF3NO2/c23-15-6-1-4-13(10-15)17-12-20(29)27(18-8-3-9-19(28)21(17)18)16-7-2-5-14(11-16)22(24,25)26/h1-2,4-7,10-11,17H,3,8-9,12H2. The first-order valence-corrected chi connectivity index (χ1v) is 10.1. The molecule has 0 bridgehead atoms. The molecule has 150 valence electrons. The first kappa shape index (κ1) is 19.9. The predicted molar refractivity (Wildman–Crippen MR) is 106 cm³/mol. The molecule has 0 saturated heterocycles. The Labute approximate surface area is 174 Å². The Morgan fingerprint density at radius 2 is 1.76 bits per heavy atom. The van der Waals surface area contributed by atoms with Gasteiger partial charge in [0.15, 0.2) is 5.78 Å². The van der Waals surface area contributed by atoms with E-state index in [1.54, 1.807) is 0 Å². The Hall–Kier alpha value is -2.41. The van der Waals surface area contributed by atoms with E-state index in [4.69, 9.17) is 0 Å².